The molecule has 6 heterocycles. The monoisotopic (exact) mass is 593 g/mol. The van der Waals surface area contributed by atoms with Gasteiger partial charge in [-0.2, -0.15) is 5.26 Å². The topological polar surface area (TPSA) is 107 Å². The lowest BCUT2D eigenvalue weighted by Crippen LogP contribution is -2.64. The molecule has 2 saturated heterocycles. The van der Waals surface area contributed by atoms with Crippen LogP contribution in [-0.2, 0) is 6.42 Å². The Hall–Kier alpha value is -4.73. The summed E-state index contributed by atoms with van der Waals surface area (Å²) in [5.41, 5.74) is 4.48. The van der Waals surface area contributed by atoms with Gasteiger partial charge in [0, 0.05) is 61.5 Å². The van der Waals surface area contributed by atoms with Crippen molar-refractivity contribution in [1.82, 2.24) is 34.1 Å². The molecule has 7 rings (SSSR count). The minimum atomic E-state index is -0.345. The number of thiazole rings is 1. The number of halogens is 1. The highest BCUT2D eigenvalue weighted by Crippen LogP contribution is 2.37. The Kier molecular flexibility index (Phi) is 6.83. The number of pyridine rings is 1. The Morgan fingerprint density at radius 3 is 2.44 bits per heavy atom. The highest BCUT2D eigenvalue weighted by atomic mass is 32.1. The van der Waals surface area contributed by atoms with Crippen LogP contribution in [0.2, 0.25) is 0 Å². The summed E-state index contributed by atoms with van der Waals surface area (Å²) in [6, 6.07) is 12.6. The highest BCUT2D eigenvalue weighted by Gasteiger charge is 2.37. The second-order valence-electron chi connectivity index (χ2n) is 10.8. The van der Waals surface area contributed by atoms with E-state index in [1.807, 2.05) is 46.5 Å². The molecule has 0 aliphatic carbocycles. The molecule has 0 bridgehead atoms. The molecule has 2 fully saturated rings. The SMILES string of the molecule is CCc1nc2ccc(-c3cnc(C(=O)N4CC(N5CCC5)C4)nc3)cn2c1N(C)c1nc(-c2ccc(F)cc2)c(C#N)s1. The third kappa shape index (κ3) is 4.80. The number of nitrogens with zero attached hydrogens (tertiary/aromatic N) is 9. The van der Waals surface area contributed by atoms with Crippen molar-refractivity contribution in [2.24, 2.45) is 0 Å². The summed E-state index contributed by atoms with van der Waals surface area (Å²) >= 11 is 1.27. The van der Waals surface area contributed by atoms with Crippen LogP contribution >= 0.6 is 11.3 Å². The van der Waals surface area contributed by atoms with Crippen molar-refractivity contribution < 1.29 is 9.18 Å². The minimum absolute atomic E-state index is 0.134. The second-order valence-corrected chi connectivity index (χ2v) is 11.8. The Balaban J connectivity index is 1.17. The number of carbonyl (C=O) groups excluding carboxylic acids is 1. The van der Waals surface area contributed by atoms with Gasteiger partial charge in [0.1, 0.15) is 33.9 Å². The lowest BCUT2D eigenvalue weighted by atomic mass is 10.0. The first-order chi connectivity index (χ1) is 20.9. The van der Waals surface area contributed by atoms with E-state index in [-0.39, 0.29) is 17.5 Å². The van der Waals surface area contributed by atoms with Gasteiger partial charge in [0.2, 0.25) is 5.82 Å². The van der Waals surface area contributed by atoms with Gasteiger partial charge in [-0.25, -0.2) is 24.3 Å². The largest absolute Gasteiger partial charge is 0.333 e. The van der Waals surface area contributed by atoms with Gasteiger partial charge in [-0.1, -0.05) is 18.3 Å². The molecule has 0 unspecified atom stereocenters. The third-order valence-corrected chi connectivity index (χ3v) is 9.21. The van der Waals surface area contributed by atoms with E-state index in [1.54, 1.807) is 24.5 Å². The fourth-order valence-electron chi connectivity index (χ4n) is 5.55. The predicted molar refractivity (Wildman–Crippen MR) is 162 cm³/mol. The molecule has 43 heavy (non-hydrogen) atoms. The quantitative estimate of drug-likeness (QED) is 0.265. The molecule has 0 saturated carbocycles. The van der Waals surface area contributed by atoms with Crippen molar-refractivity contribution in [3.63, 3.8) is 0 Å². The Morgan fingerprint density at radius 1 is 1.07 bits per heavy atom. The fourth-order valence-corrected chi connectivity index (χ4v) is 6.40. The normalized spacial score (nSPS) is 15.3. The number of fused-ring (bicyclic) bond motifs is 1. The first kappa shape index (κ1) is 27.1. The van der Waals surface area contributed by atoms with E-state index in [0.717, 1.165) is 54.5 Å². The molecule has 5 aromatic rings. The molecule has 2 aliphatic heterocycles. The lowest BCUT2D eigenvalue weighted by molar-refractivity contribution is 0.00345. The maximum atomic E-state index is 13.5. The molecule has 1 amide bonds. The zero-order valence-corrected chi connectivity index (χ0v) is 24.6. The van der Waals surface area contributed by atoms with E-state index >= 15 is 0 Å². The lowest BCUT2D eigenvalue weighted by Gasteiger charge is -2.48. The molecule has 2 aliphatic rings. The molecule has 0 N–H and O–H groups in total. The minimum Gasteiger partial charge on any atom is -0.333 e. The zero-order valence-electron chi connectivity index (χ0n) is 23.7. The number of hydrogen-bond donors (Lipinski definition) is 0. The van der Waals surface area contributed by atoms with Crippen LogP contribution in [0.25, 0.3) is 28.0 Å². The van der Waals surface area contributed by atoms with Crippen LogP contribution in [0.1, 0.15) is 34.5 Å². The number of nitriles is 1. The van der Waals surface area contributed by atoms with Crippen molar-refractivity contribution in [1.29, 1.82) is 5.26 Å². The van der Waals surface area contributed by atoms with Gasteiger partial charge in [-0.05, 0) is 62.3 Å². The van der Waals surface area contributed by atoms with Gasteiger partial charge in [0.15, 0.2) is 5.13 Å². The average Bonchev–Trinajstić information content (AvgIpc) is 3.59. The molecule has 0 spiro atoms. The van der Waals surface area contributed by atoms with E-state index in [1.165, 1.54) is 29.9 Å². The van der Waals surface area contributed by atoms with E-state index in [0.29, 0.717) is 33.7 Å². The maximum Gasteiger partial charge on any atom is 0.291 e. The van der Waals surface area contributed by atoms with Gasteiger partial charge in [-0.15, -0.1) is 0 Å². The van der Waals surface area contributed by atoms with Crippen LogP contribution in [0.4, 0.5) is 15.3 Å². The van der Waals surface area contributed by atoms with Crippen LogP contribution in [-0.4, -0.2) is 79.3 Å². The summed E-state index contributed by atoms with van der Waals surface area (Å²) in [7, 11) is 1.90. The number of amides is 1. The van der Waals surface area contributed by atoms with Gasteiger partial charge < -0.3 is 9.80 Å². The van der Waals surface area contributed by atoms with Gasteiger partial charge >= 0.3 is 0 Å². The first-order valence-electron chi connectivity index (χ1n) is 14.2. The fraction of sp³-hybridized carbons (Fsp3) is 0.290. The molecule has 1 aromatic carbocycles. The van der Waals surface area contributed by atoms with Gasteiger partial charge in [0.25, 0.3) is 5.91 Å². The number of benzene rings is 1. The van der Waals surface area contributed by atoms with Crippen LogP contribution < -0.4 is 4.90 Å². The number of imidazole rings is 1. The summed E-state index contributed by atoms with van der Waals surface area (Å²) in [5.74, 6) is 0.551. The van der Waals surface area contributed by atoms with Crippen LogP contribution in [0.5, 0.6) is 0 Å². The third-order valence-electron chi connectivity index (χ3n) is 8.17. The molecule has 12 heteroatoms. The van der Waals surface area contributed by atoms with Crippen molar-refractivity contribution in [3.8, 4) is 28.5 Å². The number of aryl methyl sites for hydroxylation is 1. The summed E-state index contributed by atoms with van der Waals surface area (Å²) in [4.78, 5) is 37.9. The number of hydrogen-bond acceptors (Lipinski definition) is 9. The van der Waals surface area contributed by atoms with E-state index in [9.17, 15) is 14.4 Å². The van der Waals surface area contributed by atoms with Crippen LogP contribution in [0.3, 0.4) is 0 Å². The highest BCUT2D eigenvalue weighted by molar-refractivity contribution is 7.16. The Bertz CT molecular complexity index is 1870. The van der Waals surface area contributed by atoms with E-state index in [4.69, 9.17) is 9.97 Å². The molecule has 4 aromatic heterocycles. The van der Waals surface area contributed by atoms with Crippen LogP contribution in [0, 0.1) is 17.1 Å². The van der Waals surface area contributed by atoms with Crippen molar-refractivity contribution in [2.45, 2.75) is 25.8 Å². The van der Waals surface area contributed by atoms with Crippen LogP contribution in [0.15, 0.2) is 55.0 Å². The van der Waals surface area contributed by atoms with E-state index < -0.39 is 0 Å². The predicted octanol–water partition coefficient (Wildman–Crippen LogP) is 4.79. The Morgan fingerprint density at radius 2 is 1.79 bits per heavy atom. The summed E-state index contributed by atoms with van der Waals surface area (Å²) < 4.78 is 15.5. The van der Waals surface area contributed by atoms with Gasteiger partial charge in [-0.3, -0.25) is 14.1 Å². The first-order valence-corrected chi connectivity index (χ1v) is 15.0. The number of carbonyl (C=O) groups is 1. The average molecular weight is 594 g/mol. The van der Waals surface area contributed by atoms with Gasteiger partial charge in [0.05, 0.1) is 5.69 Å². The van der Waals surface area contributed by atoms with Crippen molar-refractivity contribution in [2.75, 3.05) is 38.1 Å². The molecular weight excluding hydrogens is 565 g/mol. The van der Waals surface area contributed by atoms with Crippen molar-refractivity contribution >= 4 is 33.8 Å². The number of rotatable bonds is 7. The summed E-state index contributed by atoms with van der Waals surface area (Å²) in [6.45, 7) is 5.76. The van der Waals surface area contributed by atoms with Crippen molar-refractivity contribution in [3.05, 3.63) is 77.2 Å². The Labute approximate surface area is 251 Å². The molecular formula is C31H28FN9OS. The number of aromatic nitrogens is 5. The molecule has 0 atom stereocenters. The molecule has 216 valence electrons. The maximum absolute atomic E-state index is 13.5. The standard InChI is InChI=1S/C31H28FN9OS/c1-3-24-29(38(2)31-37-27(25(13-33)43-31)19-5-8-22(32)9-6-19)41-16-20(7-10-26(41)36-24)21-14-34-28(35-15-21)30(42)40-17-23(18-40)39-11-4-12-39/h5-10,14-16,23H,3-4,11-12,17-18H2,1-2H3. The zero-order chi connectivity index (χ0) is 29.7. The summed E-state index contributed by atoms with van der Waals surface area (Å²) in [5, 5.41) is 10.4. The second kappa shape index (κ2) is 10.8. The molecule has 0 radical (unpaired) electrons. The summed E-state index contributed by atoms with van der Waals surface area (Å²) in [6.07, 6.45) is 7.27. The molecule has 10 nitrogen and oxygen atoms in total. The van der Waals surface area contributed by atoms with E-state index in [2.05, 4.69) is 20.9 Å². The number of likely N-dealkylation sites (tertiary alicyclic amines) is 2. The number of anilines is 2. The smallest absolute Gasteiger partial charge is 0.291 e.